The minimum atomic E-state index is -3.56. The van der Waals surface area contributed by atoms with Crippen molar-refractivity contribution in [3.63, 3.8) is 0 Å². The van der Waals surface area contributed by atoms with Gasteiger partial charge in [-0.1, -0.05) is 30.9 Å². The van der Waals surface area contributed by atoms with Crippen molar-refractivity contribution in [2.24, 2.45) is 0 Å². The molecule has 1 aromatic rings. The van der Waals surface area contributed by atoms with Gasteiger partial charge in [0.2, 0.25) is 0 Å². The fourth-order valence-electron chi connectivity index (χ4n) is 3.69. The third kappa shape index (κ3) is 5.68. The molecule has 0 spiro atoms. The predicted octanol–water partition coefficient (Wildman–Crippen LogP) is 4.39. The smallest absolute Gasteiger partial charge is 0.344 e. The third-order valence-electron chi connectivity index (χ3n) is 5.23. The van der Waals surface area contributed by atoms with Crippen LogP contribution in [0.2, 0.25) is 5.02 Å². The molecule has 158 valence electrons. The van der Waals surface area contributed by atoms with E-state index >= 15 is 0 Å². The second-order valence-electron chi connectivity index (χ2n) is 7.57. The van der Waals surface area contributed by atoms with Crippen molar-refractivity contribution in [2.75, 3.05) is 6.26 Å². The zero-order valence-electron chi connectivity index (χ0n) is 16.4. The molecule has 2 aliphatic carbocycles. The van der Waals surface area contributed by atoms with Gasteiger partial charge in [-0.15, -0.1) is 0 Å². The maximum Gasteiger partial charge on any atom is 0.344 e. The van der Waals surface area contributed by atoms with Gasteiger partial charge in [0.25, 0.3) is 0 Å². The van der Waals surface area contributed by atoms with Gasteiger partial charge in [-0.25, -0.2) is 13.2 Å². The molecule has 8 heteroatoms. The zero-order valence-corrected chi connectivity index (χ0v) is 18.0. The van der Waals surface area contributed by atoms with Crippen molar-refractivity contribution in [1.29, 1.82) is 0 Å². The largest absolute Gasteiger partial charge is 0.427 e. The first-order chi connectivity index (χ1) is 13.8. The van der Waals surface area contributed by atoms with Crippen molar-refractivity contribution in [3.05, 3.63) is 40.1 Å². The van der Waals surface area contributed by atoms with Crippen LogP contribution in [0, 0.1) is 0 Å². The fraction of sp³-hybridized carbons (Fsp3) is 0.524. The summed E-state index contributed by atoms with van der Waals surface area (Å²) in [4.78, 5) is 24.2. The zero-order chi connectivity index (χ0) is 21.0. The summed E-state index contributed by atoms with van der Waals surface area (Å²) in [6, 6.07) is 2.70. The van der Waals surface area contributed by atoms with Gasteiger partial charge in [0, 0.05) is 30.7 Å². The van der Waals surface area contributed by atoms with E-state index in [2.05, 4.69) is 0 Å². The van der Waals surface area contributed by atoms with Crippen molar-refractivity contribution in [1.82, 2.24) is 0 Å². The Kier molecular flexibility index (Phi) is 7.14. The highest BCUT2D eigenvalue weighted by Crippen LogP contribution is 2.31. The number of ketones is 1. The van der Waals surface area contributed by atoms with E-state index in [1.807, 2.05) is 0 Å². The van der Waals surface area contributed by atoms with Gasteiger partial charge < -0.3 is 9.47 Å². The fourth-order valence-corrected chi connectivity index (χ4v) is 4.97. The number of hydrogen-bond donors (Lipinski definition) is 0. The molecule has 0 aliphatic heterocycles. The Bertz CT molecular complexity index is 929. The summed E-state index contributed by atoms with van der Waals surface area (Å²) < 4.78 is 35.7. The van der Waals surface area contributed by atoms with E-state index in [-0.39, 0.29) is 39.5 Å². The van der Waals surface area contributed by atoms with E-state index in [4.69, 9.17) is 21.1 Å². The summed E-state index contributed by atoms with van der Waals surface area (Å²) in [6.07, 6.45) is 9.23. The quantitative estimate of drug-likeness (QED) is 0.610. The van der Waals surface area contributed by atoms with Crippen LogP contribution in [0.1, 0.15) is 67.3 Å². The molecule has 2 aliphatic rings. The summed E-state index contributed by atoms with van der Waals surface area (Å²) in [5.41, 5.74) is 0.322. The lowest BCUT2D eigenvalue weighted by Crippen LogP contribution is -2.18. The van der Waals surface area contributed by atoms with Crippen molar-refractivity contribution >= 4 is 33.2 Å². The van der Waals surface area contributed by atoms with Gasteiger partial charge in [0.1, 0.15) is 5.76 Å². The first-order valence-corrected chi connectivity index (χ1v) is 12.1. The summed E-state index contributed by atoms with van der Waals surface area (Å²) in [5.74, 6) is -0.497. The highest BCUT2D eigenvalue weighted by atomic mass is 35.5. The van der Waals surface area contributed by atoms with Crippen molar-refractivity contribution in [3.8, 4) is 0 Å². The van der Waals surface area contributed by atoms with Crippen LogP contribution in [0.3, 0.4) is 0 Å². The van der Waals surface area contributed by atoms with Gasteiger partial charge in [-0.2, -0.15) is 0 Å². The van der Waals surface area contributed by atoms with Crippen LogP contribution >= 0.6 is 11.6 Å². The number of halogens is 1. The summed E-state index contributed by atoms with van der Waals surface area (Å²) in [6.45, 7) is 0.00814. The van der Waals surface area contributed by atoms with E-state index in [9.17, 15) is 18.0 Å². The number of benzene rings is 1. The van der Waals surface area contributed by atoms with E-state index in [1.54, 1.807) is 0 Å². The Hall–Kier alpha value is -1.70. The molecule has 0 radical (unpaired) electrons. The molecular formula is C21H25ClO6S. The molecule has 0 aromatic heterocycles. The Balaban J connectivity index is 1.86. The van der Waals surface area contributed by atoms with E-state index < -0.39 is 15.8 Å². The van der Waals surface area contributed by atoms with Crippen molar-refractivity contribution < 1.29 is 27.5 Å². The Morgan fingerprint density at radius 2 is 1.86 bits per heavy atom. The lowest BCUT2D eigenvalue weighted by Gasteiger charge is -2.23. The standard InChI is InChI=1S/C21H25ClO6S/c1-29(25,26)19-11-10-17(21(24)28-16-9-5-6-14(23)12-16)20(22)18(19)13-27-15-7-3-2-4-8-15/h10-12,15H,2-9,13H2,1H3. The van der Waals surface area contributed by atoms with Gasteiger partial charge >= 0.3 is 5.97 Å². The molecule has 0 bridgehead atoms. The first kappa shape index (κ1) is 22.0. The lowest BCUT2D eigenvalue weighted by atomic mass is 9.98. The molecule has 3 rings (SSSR count). The average Bonchev–Trinajstić information content (AvgIpc) is 2.66. The molecule has 1 aromatic carbocycles. The first-order valence-electron chi connectivity index (χ1n) is 9.84. The van der Waals surface area contributed by atoms with E-state index in [1.165, 1.54) is 24.6 Å². The van der Waals surface area contributed by atoms with Crippen LogP contribution in [0.15, 0.2) is 28.9 Å². The van der Waals surface area contributed by atoms with Gasteiger partial charge in [-0.05, 0) is 31.4 Å². The van der Waals surface area contributed by atoms with Crippen molar-refractivity contribution in [2.45, 2.75) is 69.0 Å². The average molecular weight is 441 g/mol. The second kappa shape index (κ2) is 9.41. The molecule has 1 saturated carbocycles. The molecular weight excluding hydrogens is 416 g/mol. The highest BCUT2D eigenvalue weighted by Gasteiger charge is 2.25. The van der Waals surface area contributed by atoms with Gasteiger partial charge in [0.15, 0.2) is 15.6 Å². The number of sulfone groups is 1. The number of esters is 1. The maximum absolute atomic E-state index is 12.6. The number of carbonyl (C=O) groups excluding carboxylic acids is 2. The van der Waals surface area contributed by atoms with Crippen LogP contribution in [-0.4, -0.2) is 32.5 Å². The van der Waals surface area contributed by atoms with Crippen LogP contribution in [0.4, 0.5) is 0 Å². The normalized spacial score (nSPS) is 18.4. The molecule has 0 saturated heterocycles. The molecule has 0 atom stereocenters. The molecule has 0 N–H and O–H groups in total. The number of rotatable bonds is 6. The van der Waals surface area contributed by atoms with Gasteiger partial charge in [0.05, 0.1) is 28.2 Å². The minimum absolute atomic E-state index is 0.00814. The SMILES string of the molecule is CS(=O)(=O)c1ccc(C(=O)OC2=CC(=O)CCC2)c(Cl)c1COC1CCCCC1. The summed E-state index contributed by atoms with van der Waals surface area (Å²) >= 11 is 6.45. The molecule has 29 heavy (non-hydrogen) atoms. The topological polar surface area (TPSA) is 86.7 Å². The number of carbonyl (C=O) groups is 2. The molecule has 0 amide bonds. The predicted molar refractivity (Wildman–Crippen MR) is 109 cm³/mol. The molecule has 1 fully saturated rings. The highest BCUT2D eigenvalue weighted by molar-refractivity contribution is 7.90. The Morgan fingerprint density at radius 1 is 1.14 bits per heavy atom. The molecule has 0 heterocycles. The van der Waals surface area contributed by atoms with E-state index in [0.717, 1.165) is 31.9 Å². The summed E-state index contributed by atoms with van der Waals surface area (Å²) in [7, 11) is -3.56. The van der Waals surface area contributed by atoms with Crippen LogP contribution in [0.5, 0.6) is 0 Å². The minimum Gasteiger partial charge on any atom is -0.427 e. The third-order valence-corrected chi connectivity index (χ3v) is 6.84. The number of ether oxygens (including phenoxy) is 2. The summed E-state index contributed by atoms with van der Waals surface area (Å²) in [5, 5.41) is 0.0106. The number of hydrogen-bond acceptors (Lipinski definition) is 6. The monoisotopic (exact) mass is 440 g/mol. The van der Waals surface area contributed by atoms with Gasteiger partial charge in [-0.3, -0.25) is 4.79 Å². The van der Waals surface area contributed by atoms with Crippen LogP contribution in [0.25, 0.3) is 0 Å². The van der Waals surface area contributed by atoms with Crippen LogP contribution < -0.4 is 0 Å². The number of allylic oxidation sites excluding steroid dienone is 2. The Labute approximate surface area is 176 Å². The molecule has 0 unspecified atom stereocenters. The lowest BCUT2D eigenvalue weighted by molar-refractivity contribution is -0.115. The van der Waals surface area contributed by atoms with E-state index in [0.29, 0.717) is 25.0 Å². The maximum atomic E-state index is 12.6. The Morgan fingerprint density at radius 3 is 2.52 bits per heavy atom. The van der Waals surface area contributed by atoms with Crippen LogP contribution in [-0.2, 0) is 30.7 Å². The second-order valence-corrected chi connectivity index (χ2v) is 9.93. The molecule has 6 nitrogen and oxygen atoms in total.